The Bertz CT molecular complexity index is 1040. The minimum atomic E-state index is -0.0913. The highest BCUT2D eigenvalue weighted by atomic mass is 16.5. The van der Waals surface area contributed by atoms with Crippen molar-refractivity contribution in [3.63, 3.8) is 0 Å². The molecular weight excluding hydrogens is 366 g/mol. The fourth-order valence-corrected chi connectivity index (χ4v) is 3.80. The lowest BCUT2D eigenvalue weighted by Gasteiger charge is -2.24. The number of fused-ring (bicyclic) bond motifs is 1. The van der Waals surface area contributed by atoms with Crippen molar-refractivity contribution in [1.82, 2.24) is 9.78 Å². The highest BCUT2D eigenvalue weighted by Crippen LogP contribution is 2.40. The van der Waals surface area contributed by atoms with Gasteiger partial charge in [0.05, 0.1) is 25.6 Å². The molecule has 1 unspecified atom stereocenters. The van der Waals surface area contributed by atoms with Crippen LogP contribution < -0.4 is 14.8 Å². The summed E-state index contributed by atoms with van der Waals surface area (Å²) in [4.78, 5) is 12.5. The van der Waals surface area contributed by atoms with Crippen molar-refractivity contribution in [2.45, 2.75) is 32.6 Å². The third-order valence-electron chi connectivity index (χ3n) is 5.27. The number of hydrogen-bond acceptors (Lipinski definition) is 4. The number of nitrogens with zero attached hydrogens (tertiary/aromatic N) is 2. The molecule has 29 heavy (non-hydrogen) atoms. The summed E-state index contributed by atoms with van der Waals surface area (Å²) >= 11 is 0. The molecule has 1 amide bonds. The van der Waals surface area contributed by atoms with Gasteiger partial charge in [0.15, 0.2) is 11.5 Å². The summed E-state index contributed by atoms with van der Waals surface area (Å²) in [5.41, 5.74) is 4.17. The second-order valence-corrected chi connectivity index (χ2v) is 7.03. The summed E-state index contributed by atoms with van der Waals surface area (Å²) in [5, 5.41) is 7.60. The number of aryl methyl sites for hydroxylation is 1. The summed E-state index contributed by atoms with van der Waals surface area (Å²) in [6.45, 7) is 4.62. The molecule has 2 heterocycles. The van der Waals surface area contributed by atoms with Crippen LogP contribution >= 0.6 is 0 Å². The first-order chi connectivity index (χ1) is 14.1. The van der Waals surface area contributed by atoms with E-state index in [1.165, 1.54) is 5.56 Å². The molecule has 1 aliphatic rings. The second kappa shape index (κ2) is 7.99. The number of carbonyl (C=O) groups excluding carboxylic acids is 1. The first-order valence-electron chi connectivity index (χ1n) is 9.92. The Morgan fingerprint density at radius 2 is 2.03 bits per heavy atom. The Labute approximate surface area is 170 Å². The van der Waals surface area contributed by atoms with Crippen molar-refractivity contribution >= 4 is 11.7 Å². The molecule has 0 bridgehead atoms. The van der Waals surface area contributed by atoms with Gasteiger partial charge in [0.1, 0.15) is 5.82 Å². The summed E-state index contributed by atoms with van der Waals surface area (Å²) in [6, 6.07) is 14.1. The zero-order chi connectivity index (χ0) is 20.4. The monoisotopic (exact) mass is 391 g/mol. The van der Waals surface area contributed by atoms with Crippen LogP contribution in [0.3, 0.4) is 0 Å². The molecule has 0 fully saturated rings. The molecule has 1 N–H and O–H groups in total. The van der Waals surface area contributed by atoms with Gasteiger partial charge in [-0.15, -0.1) is 0 Å². The van der Waals surface area contributed by atoms with Gasteiger partial charge in [-0.1, -0.05) is 25.1 Å². The van der Waals surface area contributed by atoms with E-state index in [1.807, 2.05) is 48.1 Å². The Hall–Kier alpha value is -3.28. The SMILES string of the molecule is CCOc1ccc(C2CC(=O)Nc3c2cnn3-c2cccc(CC)c2)cc1OC. The fraction of sp³-hybridized carbons (Fsp3) is 0.304. The van der Waals surface area contributed by atoms with Crippen LogP contribution in [0, 0.1) is 0 Å². The number of hydrogen-bond donors (Lipinski definition) is 1. The van der Waals surface area contributed by atoms with Crippen LogP contribution in [-0.2, 0) is 11.2 Å². The van der Waals surface area contributed by atoms with E-state index in [4.69, 9.17) is 9.47 Å². The molecule has 150 valence electrons. The maximum atomic E-state index is 12.5. The highest BCUT2D eigenvalue weighted by molar-refractivity contribution is 5.94. The van der Waals surface area contributed by atoms with Crippen LogP contribution in [0.4, 0.5) is 5.82 Å². The van der Waals surface area contributed by atoms with Crippen LogP contribution in [0.1, 0.15) is 42.9 Å². The van der Waals surface area contributed by atoms with Gasteiger partial charge in [-0.3, -0.25) is 4.79 Å². The smallest absolute Gasteiger partial charge is 0.226 e. The average Bonchev–Trinajstić information content (AvgIpc) is 3.17. The second-order valence-electron chi connectivity index (χ2n) is 7.03. The Morgan fingerprint density at radius 1 is 1.17 bits per heavy atom. The maximum absolute atomic E-state index is 12.5. The predicted molar refractivity (Wildman–Crippen MR) is 112 cm³/mol. The number of benzene rings is 2. The molecule has 0 saturated carbocycles. The molecule has 6 heteroatoms. The van der Waals surface area contributed by atoms with E-state index < -0.39 is 0 Å². The quantitative estimate of drug-likeness (QED) is 0.680. The van der Waals surface area contributed by atoms with Gasteiger partial charge in [-0.05, 0) is 48.7 Å². The average molecular weight is 391 g/mol. The highest BCUT2D eigenvalue weighted by Gasteiger charge is 2.31. The van der Waals surface area contributed by atoms with Crippen molar-refractivity contribution in [2.24, 2.45) is 0 Å². The number of ether oxygens (including phenoxy) is 2. The van der Waals surface area contributed by atoms with E-state index >= 15 is 0 Å². The lowest BCUT2D eigenvalue weighted by Crippen LogP contribution is -2.24. The standard InChI is InChI=1S/C23H25N3O3/c1-4-15-7-6-8-17(11-15)26-23-19(14-24-26)18(13-22(27)25-23)16-9-10-20(29-5-2)21(12-16)28-3/h6-12,14,18H,4-5,13H2,1-3H3,(H,25,27). The normalized spacial score (nSPS) is 15.6. The Kier molecular flexibility index (Phi) is 5.25. The molecule has 4 rings (SSSR count). The summed E-state index contributed by atoms with van der Waals surface area (Å²) in [6.07, 6.45) is 3.16. The van der Waals surface area contributed by atoms with Gasteiger partial charge in [0.2, 0.25) is 5.91 Å². The van der Waals surface area contributed by atoms with Crippen molar-refractivity contribution in [3.05, 3.63) is 65.4 Å². The van der Waals surface area contributed by atoms with Crippen LogP contribution in [0.25, 0.3) is 5.69 Å². The Morgan fingerprint density at radius 3 is 2.79 bits per heavy atom. The number of rotatable bonds is 6. The van der Waals surface area contributed by atoms with Gasteiger partial charge in [0.25, 0.3) is 0 Å². The van der Waals surface area contributed by atoms with Crippen molar-refractivity contribution < 1.29 is 14.3 Å². The van der Waals surface area contributed by atoms with E-state index in [9.17, 15) is 4.79 Å². The number of anilines is 1. The van der Waals surface area contributed by atoms with Gasteiger partial charge in [0, 0.05) is 17.9 Å². The van der Waals surface area contributed by atoms with Crippen LogP contribution in [-0.4, -0.2) is 29.4 Å². The van der Waals surface area contributed by atoms with Gasteiger partial charge in [-0.25, -0.2) is 4.68 Å². The van der Waals surface area contributed by atoms with Crippen molar-refractivity contribution in [2.75, 3.05) is 19.0 Å². The van der Waals surface area contributed by atoms with E-state index in [0.29, 0.717) is 24.5 Å². The first kappa shape index (κ1) is 19.1. The van der Waals surface area contributed by atoms with Crippen LogP contribution in [0.15, 0.2) is 48.7 Å². The molecule has 0 aliphatic carbocycles. The maximum Gasteiger partial charge on any atom is 0.226 e. The minimum Gasteiger partial charge on any atom is -0.493 e. The molecule has 1 aromatic heterocycles. The third kappa shape index (κ3) is 3.58. The fourth-order valence-electron chi connectivity index (χ4n) is 3.80. The topological polar surface area (TPSA) is 65.4 Å². The number of nitrogens with one attached hydrogen (secondary N) is 1. The number of methoxy groups -OCH3 is 1. The lowest BCUT2D eigenvalue weighted by atomic mass is 9.87. The summed E-state index contributed by atoms with van der Waals surface area (Å²) < 4.78 is 12.9. The zero-order valence-corrected chi connectivity index (χ0v) is 16.9. The Balaban J connectivity index is 1.76. The lowest BCUT2D eigenvalue weighted by molar-refractivity contribution is -0.116. The molecule has 3 aromatic rings. The van der Waals surface area contributed by atoms with Crippen molar-refractivity contribution in [3.8, 4) is 17.2 Å². The molecule has 0 spiro atoms. The van der Waals surface area contributed by atoms with Gasteiger partial charge in [-0.2, -0.15) is 5.10 Å². The first-order valence-corrected chi connectivity index (χ1v) is 9.92. The molecule has 1 aliphatic heterocycles. The number of carbonyl (C=O) groups is 1. The summed E-state index contributed by atoms with van der Waals surface area (Å²) in [5.74, 6) is 1.98. The largest absolute Gasteiger partial charge is 0.493 e. The molecule has 2 aromatic carbocycles. The van der Waals surface area contributed by atoms with E-state index in [-0.39, 0.29) is 11.8 Å². The number of aromatic nitrogens is 2. The molecular formula is C23H25N3O3. The van der Waals surface area contributed by atoms with Crippen LogP contribution in [0.2, 0.25) is 0 Å². The van der Waals surface area contributed by atoms with E-state index in [0.717, 1.165) is 29.1 Å². The third-order valence-corrected chi connectivity index (χ3v) is 5.27. The summed E-state index contributed by atoms with van der Waals surface area (Å²) in [7, 11) is 1.62. The van der Waals surface area contributed by atoms with Gasteiger partial charge >= 0.3 is 0 Å². The van der Waals surface area contributed by atoms with Crippen molar-refractivity contribution in [1.29, 1.82) is 0 Å². The molecule has 0 saturated heterocycles. The minimum absolute atomic E-state index is 0.0243. The van der Waals surface area contributed by atoms with Gasteiger partial charge < -0.3 is 14.8 Å². The molecule has 0 radical (unpaired) electrons. The van der Waals surface area contributed by atoms with Crippen LogP contribution in [0.5, 0.6) is 11.5 Å². The molecule has 6 nitrogen and oxygen atoms in total. The predicted octanol–water partition coefficient (Wildman–Crippen LogP) is 4.32. The van der Waals surface area contributed by atoms with E-state index in [1.54, 1.807) is 7.11 Å². The zero-order valence-electron chi connectivity index (χ0n) is 16.9. The molecule has 1 atom stereocenters. The number of amides is 1. The van der Waals surface area contributed by atoms with E-state index in [2.05, 4.69) is 29.5 Å².